The molecule has 0 aliphatic heterocycles. The third-order valence-electron chi connectivity index (χ3n) is 7.75. The minimum absolute atomic E-state index is 0.00549. The number of anilines is 1. The second-order valence-corrected chi connectivity index (χ2v) is 10.7. The van der Waals surface area contributed by atoms with Gasteiger partial charge in [0, 0.05) is 28.2 Å². The summed E-state index contributed by atoms with van der Waals surface area (Å²) in [6, 6.07) is 25.3. The van der Waals surface area contributed by atoms with Gasteiger partial charge in [-0.2, -0.15) is 0 Å². The Morgan fingerprint density at radius 3 is 2.29 bits per heavy atom. The van der Waals surface area contributed by atoms with Crippen molar-refractivity contribution in [1.29, 1.82) is 0 Å². The summed E-state index contributed by atoms with van der Waals surface area (Å²) in [7, 11) is 0. The van der Waals surface area contributed by atoms with Crippen LogP contribution in [0.1, 0.15) is 48.3 Å². The summed E-state index contributed by atoms with van der Waals surface area (Å²) in [5.74, 6) is -0.317. The molecule has 1 saturated carbocycles. The van der Waals surface area contributed by atoms with Gasteiger partial charge in [-0.05, 0) is 97.0 Å². The van der Waals surface area contributed by atoms with E-state index in [0.29, 0.717) is 17.4 Å². The number of para-hydroxylation sites is 1. The van der Waals surface area contributed by atoms with Gasteiger partial charge in [0.05, 0.1) is 11.9 Å². The smallest absolute Gasteiger partial charge is 0.307 e. The van der Waals surface area contributed by atoms with Crippen LogP contribution in [0.2, 0.25) is 5.02 Å². The van der Waals surface area contributed by atoms with Gasteiger partial charge < -0.3 is 10.4 Å². The highest BCUT2D eigenvalue weighted by atomic mass is 35.5. The molecule has 1 aliphatic carbocycles. The number of halogens is 1. The molecule has 1 aliphatic rings. The number of carboxylic acids is 1. The average molecular weight is 527 g/mol. The van der Waals surface area contributed by atoms with Crippen molar-refractivity contribution in [2.45, 2.75) is 44.4 Å². The molecule has 0 saturated heterocycles. The van der Waals surface area contributed by atoms with Gasteiger partial charge in [-0.3, -0.25) is 14.6 Å². The normalized spacial score (nSPS) is 18.1. The second-order valence-electron chi connectivity index (χ2n) is 10.2. The Hall–Kier alpha value is -3.70. The zero-order valence-corrected chi connectivity index (χ0v) is 21.9. The fourth-order valence-corrected chi connectivity index (χ4v) is 5.90. The van der Waals surface area contributed by atoms with Crippen molar-refractivity contribution >= 4 is 40.1 Å². The number of carbonyl (C=O) groups is 2. The molecule has 3 aromatic carbocycles. The van der Waals surface area contributed by atoms with E-state index >= 15 is 0 Å². The number of benzene rings is 3. The molecule has 1 unspecified atom stereocenters. The van der Waals surface area contributed by atoms with Crippen LogP contribution in [0.25, 0.3) is 10.9 Å². The van der Waals surface area contributed by atoms with Gasteiger partial charge >= 0.3 is 5.97 Å². The molecule has 2 N–H and O–H groups in total. The van der Waals surface area contributed by atoms with Crippen LogP contribution < -0.4 is 5.32 Å². The molecule has 1 heterocycles. The predicted octanol–water partition coefficient (Wildman–Crippen LogP) is 7.29. The Balaban J connectivity index is 1.33. The maximum atomic E-state index is 13.6. The maximum absolute atomic E-state index is 13.6. The van der Waals surface area contributed by atoms with Gasteiger partial charge in [0.15, 0.2) is 0 Å². The van der Waals surface area contributed by atoms with Gasteiger partial charge in [-0.1, -0.05) is 54.1 Å². The number of hydrogen-bond acceptors (Lipinski definition) is 3. The monoisotopic (exact) mass is 526 g/mol. The molecule has 5 rings (SSSR count). The van der Waals surface area contributed by atoms with E-state index in [2.05, 4.69) is 34.6 Å². The third kappa shape index (κ3) is 6.22. The number of nitrogens with one attached hydrogen (secondary N) is 1. The largest absolute Gasteiger partial charge is 0.481 e. The summed E-state index contributed by atoms with van der Waals surface area (Å²) >= 11 is 6.03. The highest BCUT2D eigenvalue weighted by molar-refractivity contribution is 6.30. The van der Waals surface area contributed by atoms with Gasteiger partial charge in [0.25, 0.3) is 0 Å². The Morgan fingerprint density at radius 2 is 1.58 bits per heavy atom. The van der Waals surface area contributed by atoms with E-state index in [4.69, 9.17) is 16.7 Å². The molecule has 6 heteroatoms. The van der Waals surface area contributed by atoms with Crippen molar-refractivity contribution < 1.29 is 14.7 Å². The number of hydrogen-bond donors (Lipinski definition) is 2. The molecular weight excluding hydrogens is 496 g/mol. The summed E-state index contributed by atoms with van der Waals surface area (Å²) in [5, 5.41) is 14.0. The molecule has 0 spiro atoms. The number of amides is 1. The number of carboxylic acid groups (broad SMARTS) is 1. The molecule has 1 fully saturated rings. The summed E-state index contributed by atoms with van der Waals surface area (Å²) in [5.41, 5.74) is 4.91. The molecule has 1 amide bonds. The van der Waals surface area contributed by atoms with Crippen molar-refractivity contribution in [3.8, 4) is 0 Å². The summed E-state index contributed by atoms with van der Waals surface area (Å²) < 4.78 is 0. The van der Waals surface area contributed by atoms with Crippen LogP contribution in [0.4, 0.5) is 5.69 Å². The van der Waals surface area contributed by atoms with Crippen LogP contribution in [0.3, 0.4) is 0 Å². The lowest BCUT2D eigenvalue weighted by Crippen LogP contribution is -2.33. The molecule has 194 valence electrons. The van der Waals surface area contributed by atoms with Crippen LogP contribution in [-0.4, -0.2) is 22.0 Å². The standard InChI is InChI=1S/C32H31ClN2O3/c33-25-13-15-26(16-14-25)35-32(38)29(19-21-5-7-22(8-6-21)20-31(36)37)24-11-9-23(10-12-24)27-17-18-34-30-4-2-1-3-28(27)30/h1-8,13-18,23-24,29H,9-12,19-20H2,(H,35,38)(H,36,37)/t23-,24+,29?. The van der Waals surface area contributed by atoms with Crippen molar-refractivity contribution in [3.05, 3.63) is 107 Å². The summed E-state index contributed by atoms with van der Waals surface area (Å²) in [6.45, 7) is 0. The summed E-state index contributed by atoms with van der Waals surface area (Å²) in [6.07, 6.45) is 6.50. The van der Waals surface area contributed by atoms with Crippen LogP contribution in [0.15, 0.2) is 85.1 Å². The van der Waals surface area contributed by atoms with Gasteiger partial charge in [-0.25, -0.2) is 0 Å². The molecular formula is C32H31ClN2O3. The van der Waals surface area contributed by atoms with E-state index in [1.54, 1.807) is 12.1 Å². The maximum Gasteiger partial charge on any atom is 0.307 e. The number of pyridine rings is 1. The van der Waals surface area contributed by atoms with E-state index in [9.17, 15) is 9.59 Å². The fraction of sp³-hybridized carbons (Fsp3) is 0.281. The second kappa shape index (κ2) is 11.8. The van der Waals surface area contributed by atoms with Crippen LogP contribution in [0.5, 0.6) is 0 Å². The number of aliphatic carboxylic acids is 1. The van der Waals surface area contributed by atoms with Gasteiger partial charge in [0.1, 0.15) is 0 Å². The molecule has 0 radical (unpaired) electrons. The number of rotatable bonds is 8. The van der Waals surface area contributed by atoms with Crippen molar-refractivity contribution in [3.63, 3.8) is 0 Å². The zero-order valence-electron chi connectivity index (χ0n) is 21.1. The number of carbonyl (C=O) groups excluding carboxylic acids is 1. The first-order valence-electron chi connectivity index (χ1n) is 13.2. The number of aromatic nitrogens is 1. The highest BCUT2D eigenvalue weighted by Crippen LogP contribution is 2.41. The first-order chi connectivity index (χ1) is 18.5. The van der Waals surface area contributed by atoms with E-state index in [0.717, 1.165) is 48.0 Å². The van der Waals surface area contributed by atoms with E-state index < -0.39 is 5.97 Å². The van der Waals surface area contributed by atoms with E-state index in [-0.39, 0.29) is 24.2 Å². The molecule has 4 aromatic rings. The van der Waals surface area contributed by atoms with Gasteiger partial charge in [-0.15, -0.1) is 0 Å². The Kier molecular flexibility index (Phi) is 8.04. The lowest BCUT2D eigenvalue weighted by atomic mass is 9.71. The molecule has 38 heavy (non-hydrogen) atoms. The van der Waals surface area contributed by atoms with E-state index in [1.807, 2.05) is 48.7 Å². The highest BCUT2D eigenvalue weighted by Gasteiger charge is 2.33. The SMILES string of the molecule is O=C(O)Cc1ccc(CC(C(=O)Nc2ccc(Cl)cc2)[C@H]2CC[C@@H](c3ccnc4ccccc43)CC2)cc1. The third-order valence-corrected chi connectivity index (χ3v) is 8.00. The Bertz CT molecular complexity index is 1410. The molecule has 0 bridgehead atoms. The van der Waals surface area contributed by atoms with Crippen LogP contribution in [-0.2, 0) is 22.4 Å². The number of nitrogens with zero attached hydrogens (tertiary/aromatic N) is 1. The molecule has 1 aromatic heterocycles. The van der Waals surface area contributed by atoms with Crippen LogP contribution in [0, 0.1) is 11.8 Å². The Labute approximate surface area is 227 Å². The van der Waals surface area contributed by atoms with Crippen molar-refractivity contribution in [2.24, 2.45) is 11.8 Å². The van der Waals surface area contributed by atoms with Crippen molar-refractivity contribution in [2.75, 3.05) is 5.32 Å². The quantitative estimate of drug-likeness (QED) is 0.253. The topological polar surface area (TPSA) is 79.3 Å². The minimum atomic E-state index is -0.850. The van der Waals surface area contributed by atoms with E-state index in [1.165, 1.54) is 10.9 Å². The summed E-state index contributed by atoms with van der Waals surface area (Å²) in [4.78, 5) is 29.2. The first kappa shape index (κ1) is 25.9. The average Bonchev–Trinajstić information content (AvgIpc) is 2.93. The Morgan fingerprint density at radius 1 is 0.895 bits per heavy atom. The minimum Gasteiger partial charge on any atom is -0.481 e. The van der Waals surface area contributed by atoms with Crippen LogP contribution >= 0.6 is 11.6 Å². The fourth-order valence-electron chi connectivity index (χ4n) is 5.77. The number of fused-ring (bicyclic) bond motifs is 1. The lowest BCUT2D eigenvalue weighted by molar-refractivity contribution is -0.136. The van der Waals surface area contributed by atoms with Crippen molar-refractivity contribution in [1.82, 2.24) is 4.98 Å². The molecule has 1 atom stereocenters. The molecule has 5 nitrogen and oxygen atoms in total. The first-order valence-corrected chi connectivity index (χ1v) is 13.5. The zero-order chi connectivity index (χ0) is 26.5. The van der Waals surface area contributed by atoms with Gasteiger partial charge in [0.2, 0.25) is 5.91 Å². The predicted molar refractivity (Wildman–Crippen MR) is 151 cm³/mol. The lowest BCUT2D eigenvalue weighted by Gasteiger charge is -2.34.